The van der Waals surface area contributed by atoms with E-state index in [4.69, 9.17) is 0 Å². The van der Waals surface area contributed by atoms with Crippen LogP contribution in [0.25, 0.3) is 0 Å². The molecular formula is C15H21NO. The maximum absolute atomic E-state index is 11.3. The monoisotopic (exact) mass is 231 g/mol. The minimum Gasteiger partial charge on any atom is -0.305 e. The molecule has 0 spiro atoms. The second-order valence-corrected chi connectivity index (χ2v) is 5.44. The van der Waals surface area contributed by atoms with Gasteiger partial charge >= 0.3 is 0 Å². The molecule has 1 heterocycles. The van der Waals surface area contributed by atoms with Crippen molar-refractivity contribution in [1.82, 2.24) is 4.90 Å². The zero-order chi connectivity index (χ0) is 12.4. The smallest absolute Gasteiger partial charge is 0.124 e. The van der Waals surface area contributed by atoms with Gasteiger partial charge in [-0.2, -0.15) is 0 Å². The predicted molar refractivity (Wildman–Crippen MR) is 70.1 cm³/mol. The highest BCUT2D eigenvalue weighted by atomic mass is 16.1. The molecule has 1 aromatic rings. The van der Waals surface area contributed by atoms with Crippen LogP contribution >= 0.6 is 0 Å². The average molecular weight is 231 g/mol. The molecule has 1 aliphatic rings. The van der Waals surface area contributed by atoms with Gasteiger partial charge in [-0.05, 0) is 31.4 Å². The van der Waals surface area contributed by atoms with Gasteiger partial charge < -0.3 is 9.69 Å². The van der Waals surface area contributed by atoms with Gasteiger partial charge in [0, 0.05) is 19.0 Å². The lowest BCUT2D eigenvalue weighted by Crippen LogP contribution is -2.42. The molecule has 0 aromatic heterocycles. The number of piperidine rings is 1. The number of carbonyl (C=O) groups excluding carboxylic acids is 1. The van der Waals surface area contributed by atoms with Gasteiger partial charge in [-0.15, -0.1) is 0 Å². The van der Waals surface area contributed by atoms with Gasteiger partial charge in [0.15, 0.2) is 0 Å². The molecule has 1 fully saturated rings. The molecule has 1 saturated heterocycles. The largest absolute Gasteiger partial charge is 0.305 e. The Morgan fingerprint density at radius 3 is 2.76 bits per heavy atom. The number of likely N-dealkylation sites (tertiary alicyclic amines) is 1. The van der Waals surface area contributed by atoms with Crippen LogP contribution < -0.4 is 0 Å². The summed E-state index contributed by atoms with van der Waals surface area (Å²) in [6.07, 6.45) is 1.14. The van der Waals surface area contributed by atoms with E-state index >= 15 is 0 Å². The molecule has 0 radical (unpaired) electrons. The molecule has 2 rings (SSSR count). The molecular weight excluding hydrogens is 210 g/mol. The molecule has 1 unspecified atom stereocenters. The lowest BCUT2D eigenvalue weighted by Gasteiger charge is -2.39. The molecule has 2 nitrogen and oxygen atoms in total. The minimum absolute atomic E-state index is 0.130. The molecule has 3 atom stereocenters. The van der Waals surface area contributed by atoms with Crippen LogP contribution in [0.4, 0.5) is 0 Å². The third-order valence-corrected chi connectivity index (χ3v) is 3.80. The molecule has 0 aliphatic carbocycles. The molecule has 1 aliphatic heterocycles. The van der Waals surface area contributed by atoms with Crippen molar-refractivity contribution in [2.45, 2.75) is 19.8 Å². The summed E-state index contributed by atoms with van der Waals surface area (Å²) in [6.45, 7) is 6.31. The standard InChI is InChI=1S/C15H21NO/c1-11-5-4-6-13(7-11)15-12(2)8-16(3)9-14(15)10-17/h4-7,10,12,14-15H,8-9H2,1-3H3/t12-,14?,15-/m1/s1. The third kappa shape index (κ3) is 2.58. The normalized spacial score (nSPS) is 30.2. The summed E-state index contributed by atoms with van der Waals surface area (Å²) in [5.41, 5.74) is 2.60. The van der Waals surface area contributed by atoms with E-state index in [1.54, 1.807) is 0 Å². The van der Waals surface area contributed by atoms with E-state index in [0.717, 1.165) is 19.4 Å². The van der Waals surface area contributed by atoms with Crippen molar-refractivity contribution >= 4 is 6.29 Å². The van der Waals surface area contributed by atoms with Crippen molar-refractivity contribution in [3.8, 4) is 0 Å². The summed E-state index contributed by atoms with van der Waals surface area (Å²) in [5.74, 6) is 1.04. The van der Waals surface area contributed by atoms with Crippen LogP contribution in [-0.4, -0.2) is 31.3 Å². The second-order valence-electron chi connectivity index (χ2n) is 5.44. The molecule has 1 aromatic carbocycles. The van der Waals surface area contributed by atoms with Crippen molar-refractivity contribution in [3.63, 3.8) is 0 Å². The maximum Gasteiger partial charge on any atom is 0.124 e. The zero-order valence-corrected chi connectivity index (χ0v) is 10.9. The summed E-state index contributed by atoms with van der Waals surface area (Å²) in [6, 6.07) is 8.59. The maximum atomic E-state index is 11.3. The highest BCUT2D eigenvalue weighted by Gasteiger charge is 2.33. The van der Waals surface area contributed by atoms with Gasteiger partial charge in [0.05, 0.1) is 0 Å². The van der Waals surface area contributed by atoms with Crippen LogP contribution in [0.3, 0.4) is 0 Å². The first-order valence-electron chi connectivity index (χ1n) is 6.32. The first-order valence-corrected chi connectivity index (χ1v) is 6.32. The summed E-state index contributed by atoms with van der Waals surface area (Å²) >= 11 is 0. The van der Waals surface area contributed by atoms with Crippen LogP contribution in [-0.2, 0) is 4.79 Å². The van der Waals surface area contributed by atoms with Crippen LogP contribution in [0.5, 0.6) is 0 Å². The van der Waals surface area contributed by atoms with Gasteiger partial charge in [-0.1, -0.05) is 36.8 Å². The molecule has 0 bridgehead atoms. The van der Waals surface area contributed by atoms with Crippen molar-refractivity contribution in [2.24, 2.45) is 11.8 Å². The summed E-state index contributed by atoms with van der Waals surface area (Å²) < 4.78 is 0. The molecule has 2 heteroatoms. The SMILES string of the molecule is Cc1cccc([C@@H]2C(C=O)CN(C)C[C@H]2C)c1. The highest BCUT2D eigenvalue weighted by molar-refractivity contribution is 5.57. The molecule has 0 N–H and O–H groups in total. The van der Waals surface area contributed by atoms with E-state index in [-0.39, 0.29) is 5.92 Å². The number of aryl methyl sites for hydroxylation is 1. The Morgan fingerprint density at radius 1 is 1.35 bits per heavy atom. The van der Waals surface area contributed by atoms with Gasteiger partial charge in [-0.25, -0.2) is 0 Å². The fourth-order valence-corrected chi connectivity index (χ4v) is 3.16. The van der Waals surface area contributed by atoms with E-state index in [2.05, 4.69) is 50.1 Å². The Morgan fingerprint density at radius 2 is 2.12 bits per heavy atom. The van der Waals surface area contributed by atoms with E-state index in [1.165, 1.54) is 11.1 Å². The first-order chi connectivity index (χ1) is 8.11. The third-order valence-electron chi connectivity index (χ3n) is 3.80. The van der Waals surface area contributed by atoms with Gasteiger partial charge in [0.25, 0.3) is 0 Å². The zero-order valence-electron chi connectivity index (χ0n) is 10.9. The van der Waals surface area contributed by atoms with Crippen molar-refractivity contribution in [1.29, 1.82) is 0 Å². The quantitative estimate of drug-likeness (QED) is 0.729. The Hall–Kier alpha value is -1.15. The van der Waals surface area contributed by atoms with E-state index in [9.17, 15) is 4.79 Å². The number of benzene rings is 1. The number of nitrogens with zero attached hydrogens (tertiary/aromatic N) is 1. The number of rotatable bonds is 2. The fraction of sp³-hybridized carbons (Fsp3) is 0.533. The number of hydrogen-bond acceptors (Lipinski definition) is 2. The predicted octanol–water partition coefficient (Wildman–Crippen LogP) is 2.48. The summed E-state index contributed by atoms with van der Waals surface area (Å²) in [7, 11) is 2.10. The van der Waals surface area contributed by atoms with E-state index in [1.807, 2.05) is 0 Å². The Labute approximate surface area is 104 Å². The van der Waals surface area contributed by atoms with Crippen molar-refractivity contribution < 1.29 is 4.79 Å². The van der Waals surface area contributed by atoms with Crippen molar-refractivity contribution in [2.75, 3.05) is 20.1 Å². The Balaban J connectivity index is 2.31. The fourth-order valence-electron chi connectivity index (χ4n) is 3.16. The Bertz CT molecular complexity index is 402. The number of hydrogen-bond donors (Lipinski definition) is 0. The lowest BCUT2D eigenvalue weighted by atomic mass is 9.75. The van der Waals surface area contributed by atoms with Crippen LogP contribution in [0.1, 0.15) is 24.0 Å². The minimum atomic E-state index is 0.130. The van der Waals surface area contributed by atoms with Gasteiger partial charge in [-0.3, -0.25) is 0 Å². The molecule has 0 saturated carbocycles. The van der Waals surface area contributed by atoms with Crippen LogP contribution in [0.2, 0.25) is 0 Å². The van der Waals surface area contributed by atoms with Gasteiger partial charge in [0.2, 0.25) is 0 Å². The highest BCUT2D eigenvalue weighted by Crippen LogP contribution is 2.35. The molecule has 17 heavy (non-hydrogen) atoms. The van der Waals surface area contributed by atoms with Crippen LogP contribution in [0.15, 0.2) is 24.3 Å². The van der Waals surface area contributed by atoms with E-state index in [0.29, 0.717) is 11.8 Å². The summed E-state index contributed by atoms with van der Waals surface area (Å²) in [5, 5.41) is 0. The van der Waals surface area contributed by atoms with Crippen molar-refractivity contribution in [3.05, 3.63) is 35.4 Å². The summed E-state index contributed by atoms with van der Waals surface area (Å²) in [4.78, 5) is 13.6. The molecule has 92 valence electrons. The van der Waals surface area contributed by atoms with E-state index < -0.39 is 0 Å². The van der Waals surface area contributed by atoms with Crippen LogP contribution in [0, 0.1) is 18.8 Å². The number of carbonyl (C=O) groups is 1. The molecule has 0 amide bonds. The average Bonchev–Trinajstić information content (AvgIpc) is 2.27. The Kier molecular flexibility index (Phi) is 3.63. The topological polar surface area (TPSA) is 20.3 Å². The number of aldehydes is 1. The lowest BCUT2D eigenvalue weighted by molar-refractivity contribution is -0.113. The first kappa shape index (κ1) is 12.3. The van der Waals surface area contributed by atoms with Gasteiger partial charge in [0.1, 0.15) is 6.29 Å². The second kappa shape index (κ2) is 5.01.